The van der Waals surface area contributed by atoms with Gasteiger partial charge in [-0.1, -0.05) is 30.3 Å². The van der Waals surface area contributed by atoms with Crippen molar-refractivity contribution in [2.75, 3.05) is 0 Å². The molecule has 0 saturated heterocycles. The van der Waals surface area contributed by atoms with E-state index in [4.69, 9.17) is 10.0 Å². The molecule has 0 aliphatic carbocycles. The van der Waals surface area contributed by atoms with Gasteiger partial charge < -0.3 is 15.2 Å². The zero-order chi connectivity index (χ0) is 10.1. The maximum atomic E-state index is 9.58. The molecule has 3 nitrogen and oxygen atoms in total. The fourth-order valence-corrected chi connectivity index (χ4v) is 1.56. The number of phenols is 1. The molecular formula is C10H9BO3. The summed E-state index contributed by atoms with van der Waals surface area (Å²) < 4.78 is 0. The number of hydrogen-bond acceptors (Lipinski definition) is 3. The van der Waals surface area contributed by atoms with E-state index in [-0.39, 0.29) is 5.75 Å². The van der Waals surface area contributed by atoms with E-state index in [2.05, 4.69) is 0 Å². The Labute approximate surface area is 81.4 Å². The summed E-state index contributed by atoms with van der Waals surface area (Å²) in [5.74, 6) is 0.0613. The molecule has 0 spiro atoms. The molecule has 0 aromatic heterocycles. The van der Waals surface area contributed by atoms with E-state index in [1.54, 1.807) is 30.3 Å². The second-order valence-electron chi connectivity index (χ2n) is 3.10. The van der Waals surface area contributed by atoms with Gasteiger partial charge in [0, 0.05) is 5.39 Å². The number of hydrogen-bond donors (Lipinski definition) is 3. The molecule has 0 aliphatic rings. The molecular weight excluding hydrogens is 179 g/mol. The summed E-state index contributed by atoms with van der Waals surface area (Å²) in [5.41, 5.74) is 0.320. The van der Waals surface area contributed by atoms with Crippen LogP contribution in [0.2, 0.25) is 0 Å². The molecule has 0 radical (unpaired) electrons. The fraction of sp³-hybridized carbons (Fsp3) is 0. The van der Waals surface area contributed by atoms with E-state index in [0.717, 1.165) is 5.39 Å². The highest BCUT2D eigenvalue weighted by Crippen LogP contribution is 2.22. The van der Waals surface area contributed by atoms with Crippen LogP contribution in [0.1, 0.15) is 0 Å². The zero-order valence-electron chi connectivity index (χ0n) is 7.38. The van der Waals surface area contributed by atoms with E-state index in [1.807, 2.05) is 0 Å². The van der Waals surface area contributed by atoms with Gasteiger partial charge in [0.1, 0.15) is 5.75 Å². The number of phenolic OH excluding ortho intramolecular Hbond substituents is 1. The van der Waals surface area contributed by atoms with Crippen molar-refractivity contribution in [3.8, 4) is 5.75 Å². The average Bonchev–Trinajstić information content (AvgIpc) is 2.17. The van der Waals surface area contributed by atoms with Gasteiger partial charge in [-0.2, -0.15) is 0 Å². The molecule has 0 aliphatic heterocycles. The lowest BCUT2D eigenvalue weighted by atomic mass is 9.77. The molecule has 70 valence electrons. The molecule has 0 unspecified atom stereocenters. The molecule has 4 heteroatoms. The molecule has 0 bridgehead atoms. The van der Waals surface area contributed by atoms with E-state index in [1.165, 1.54) is 6.07 Å². The maximum Gasteiger partial charge on any atom is 0.489 e. The first-order chi connectivity index (χ1) is 6.70. The van der Waals surface area contributed by atoms with Crippen LogP contribution < -0.4 is 5.46 Å². The third kappa shape index (κ3) is 1.34. The van der Waals surface area contributed by atoms with Crippen LogP contribution in [0.4, 0.5) is 0 Å². The molecule has 2 rings (SSSR count). The Morgan fingerprint density at radius 1 is 0.929 bits per heavy atom. The third-order valence-electron chi connectivity index (χ3n) is 2.19. The molecule has 2 aromatic rings. The topological polar surface area (TPSA) is 60.7 Å². The fourth-order valence-electron chi connectivity index (χ4n) is 1.56. The van der Waals surface area contributed by atoms with Gasteiger partial charge in [0.15, 0.2) is 0 Å². The Balaban J connectivity index is 2.84. The highest BCUT2D eigenvalue weighted by molar-refractivity contribution is 6.62. The van der Waals surface area contributed by atoms with Gasteiger partial charge in [0.05, 0.1) is 0 Å². The predicted molar refractivity (Wildman–Crippen MR) is 55.4 cm³/mol. The van der Waals surface area contributed by atoms with Crippen LogP contribution in [0.5, 0.6) is 5.75 Å². The molecule has 2 aromatic carbocycles. The van der Waals surface area contributed by atoms with Gasteiger partial charge in [-0.15, -0.1) is 0 Å². The highest BCUT2D eigenvalue weighted by Gasteiger charge is 2.15. The van der Waals surface area contributed by atoms with Gasteiger partial charge in [0.25, 0.3) is 0 Å². The Morgan fingerprint density at radius 2 is 1.57 bits per heavy atom. The predicted octanol–water partition coefficient (Wildman–Crippen LogP) is 0.225. The van der Waals surface area contributed by atoms with Gasteiger partial charge in [-0.05, 0) is 16.9 Å². The largest absolute Gasteiger partial charge is 0.507 e. The summed E-state index contributed by atoms with van der Waals surface area (Å²) in [6, 6.07) is 10.1. The van der Waals surface area contributed by atoms with Crippen LogP contribution >= 0.6 is 0 Å². The second kappa shape index (κ2) is 3.33. The molecule has 0 atom stereocenters. The van der Waals surface area contributed by atoms with Gasteiger partial charge in [-0.3, -0.25) is 0 Å². The molecule has 14 heavy (non-hydrogen) atoms. The minimum atomic E-state index is -1.56. The van der Waals surface area contributed by atoms with E-state index in [0.29, 0.717) is 10.8 Å². The third-order valence-corrected chi connectivity index (χ3v) is 2.19. The van der Waals surface area contributed by atoms with Crippen molar-refractivity contribution in [3.63, 3.8) is 0 Å². The Kier molecular flexibility index (Phi) is 2.15. The molecule has 3 N–H and O–H groups in total. The minimum Gasteiger partial charge on any atom is -0.507 e. The van der Waals surface area contributed by atoms with Crippen LogP contribution in [0.3, 0.4) is 0 Å². The summed E-state index contributed by atoms with van der Waals surface area (Å²) in [6.07, 6.45) is 0. The Morgan fingerprint density at radius 3 is 2.21 bits per heavy atom. The van der Waals surface area contributed by atoms with Crippen LogP contribution in [0.25, 0.3) is 10.8 Å². The first-order valence-electron chi connectivity index (χ1n) is 4.27. The summed E-state index contributed by atoms with van der Waals surface area (Å²) in [6.45, 7) is 0. The molecule has 0 amide bonds. The van der Waals surface area contributed by atoms with E-state index < -0.39 is 7.12 Å². The van der Waals surface area contributed by atoms with Crippen LogP contribution in [0, 0.1) is 0 Å². The van der Waals surface area contributed by atoms with Crippen LogP contribution in [0.15, 0.2) is 36.4 Å². The Bertz CT molecular complexity index is 463. The summed E-state index contributed by atoms with van der Waals surface area (Å²) in [4.78, 5) is 0. The van der Waals surface area contributed by atoms with Crippen molar-refractivity contribution in [2.24, 2.45) is 0 Å². The van der Waals surface area contributed by atoms with Gasteiger partial charge >= 0.3 is 7.12 Å². The van der Waals surface area contributed by atoms with Crippen LogP contribution in [-0.2, 0) is 0 Å². The van der Waals surface area contributed by atoms with Crippen molar-refractivity contribution in [1.82, 2.24) is 0 Å². The maximum absolute atomic E-state index is 9.58. The second-order valence-corrected chi connectivity index (χ2v) is 3.10. The van der Waals surface area contributed by atoms with E-state index in [9.17, 15) is 5.11 Å². The Hall–Kier alpha value is -1.52. The lowest BCUT2D eigenvalue weighted by Crippen LogP contribution is -2.30. The first-order valence-corrected chi connectivity index (χ1v) is 4.27. The monoisotopic (exact) mass is 188 g/mol. The zero-order valence-corrected chi connectivity index (χ0v) is 7.38. The van der Waals surface area contributed by atoms with Gasteiger partial charge in [0.2, 0.25) is 0 Å². The summed E-state index contributed by atoms with van der Waals surface area (Å²) in [5, 5.41) is 29.0. The lowest BCUT2D eigenvalue weighted by Gasteiger charge is -2.06. The number of benzene rings is 2. The number of rotatable bonds is 1. The lowest BCUT2D eigenvalue weighted by molar-refractivity contribution is 0.425. The smallest absolute Gasteiger partial charge is 0.489 e. The van der Waals surface area contributed by atoms with Crippen molar-refractivity contribution in [2.45, 2.75) is 0 Å². The first kappa shape index (κ1) is 9.06. The average molecular weight is 188 g/mol. The normalized spacial score (nSPS) is 10.4. The molecule has 0 heterocycles. The van der Waals surface area contributed by atoms with Gasteiger partial charge in [-0.25, -0.2) is 0 Å². The van der Waals surface area contributed by atoms with Crippen molar-refractivity contribution in [3.05, 3.63) is 36.4 Å². The SMILES string of the molecule is OB(O)c1cccc2cccc(O)c12. The number of fused-ring (bicyclic) bond motifs is 1. The molecule has 0 saturated carbocycles. The minimum absolute atomic E-state index is 0.0613. The standard InChI is InChI=1S/C10H9BO3/c12-9-6-2-4-7-3-1-5-8(10(7)9)11(13)14/h1-6,12-14H. The molecule has 0 fully saturated rings. The van der Waals surface area contributed by atoms with E-state index >= 15 is 0 Å². The van der Waals surface area contributed by atoms with Crippen molar-refractivity contribution < 1.29 is 15.2 Å². The number of aromatic hydroxyl groups is 1. The summed E-state index contributed by atoms with van der Waals surface area (Å²) in [7, 11) is -1.56. The van der Waals surface area contributed by atoms with Crippen LogP contribution in [-0.4, -0.2) is 22.3 Å². The van der Waals surface area contributed by atoms with Crippen molar-refractivity contribution >= 4 is 23.4 Å². The summed E-state index contributed by atoms with van der Waals surface area (Å²) >= 11 is 0. The quantitative estimate of drug-likeness (QED) is 0.561. The van der Waals surface area contributed by atoms with Crippen molar-refractivity contribution in [1.29, 1.82) is 0 Å². The highest BCUT2D eigenvalue weighted by atomic mass is 16.4.